The van der Waals surface area contributed by atoms with Gasteiger partial charge >= 0.3 is 0 Å². The molecule has 0 saturated heterocycles. The van der Waals surface area contributed by atoms with Gasteiger partial charge < -0.3 is 4.90 Å². The lowest BCUT2D eigenvalue weighted by atomic mass is 9.52. The van der Waals surface area contributed by atoms with Gasteiger partial charge in [-0.3, -0.25) is 0 Å². The van der Waals surface area contributed by atoms with E-state index >= 15 is 0 Å². The summed E-state index contributed by atoms with van der Waals surface area (Å²) in [4.78, 5) is 2.62. The highest BCUT2D eigenvalue weighted by atomic mass is 15.2. The summed E-state index contributed by atoms with van der Waals surface area (Å²) in [5.41, 5.74) is 0.704. The minimum absolute atomic E-state index is 0.704. The SMILES string of the molecule is CCCN(C)C12CCC1CC2. The molecule has 1 heteroatoms. The van der Waals surface area contributed by atoms with E-state index in [1.54, 1.807) is 0 Å². The predicted octanol–water partition coefficient (Wildman–Crippen LogP) is 2.27. The monoisotopic (exact) mass is 153 g/mol. The Bertz CT molecular complexity index is 145. The van der Waals surface area contributed by atoms with Crippen LogP contribution in [0.4, 0.5) is 0 Å². The van der Waals surface area contributed by atoms with E-state index in [2.05, 4.69) is 18.9 Å². The quantitative estimate of drug-likeness (QED) is 0.601. The molecule has 2 saturated carbocycles. The number of hydrogen-bond donors (Lipinski definition) is 0. The van der Waals surface area contributed by atoms with Gasteiger partial charge in [-0.1, -0.05) is 6.92 Å². The van der Waals surface area contributed by atoms with Crippen molar-refractivity contribution in [3.63, 3.8) is 0 Å². The van der Waals surface area contributed by atoms with Crippen molar-refractivity contribution in [1.29, 1.82) is 0 Å². The van der Waals surface area contributed by atoms with Gasteiger partial charge in [-0.2, -0.15) is 0 Å². The van der Waals surface area contributed by atoms with Crippen LogP contribution < -0.4 is 0 Å². The van der Waals surface area contributed by atoms with Gasteiger partial charge in [-0.25, -0.2) is 0 Å². The molecule has 11 heavy (non-hydrogen) atoms. The first-order valence-electron chi connectivity index (χ1n) is 5.01. The molecule has 0 radical (unpaired) electrons. The number of rotatable bonds is 3. The van der Waals surface area contributed by atoms with Crippen LogP contribution >= 0.6 is 0 Å². The number of fused-ring (bicyclic) bond motifs is 1. The maximum atomic E-state index is 2.62. The zero-order valence-corrected chi connectivity index (χ0v) is 7.77. The fraction of sp³-hybridized carbons (Fsp3) is 1.00. The molecule has 0 unspecified atom stereocenters. The minimum Gasteiger partial charge on any atom is -0.300 e. The fourth-order valence-electron chi connectivity index (χ4n) is 2.88. The van der Waals surface area contributed by atoms with Crippen LogP contribution in [0.3, 0.4) is 0 Å². The lowest BCUT2D eigenvalue weighted by Gasteiger charge is -2.63. The molecule has 0 heterocycles. The molecule has 0 aromatic rings. The van der Waals surface area contributed by atoms with Crippen LogP contribution in [0.25, 0.3) is 0 Å². The molecule has 0 bridgehead atoms. The molecule has 2 fully saturated rings. The summed E-state index contributed by atoms with van der Waals surface area (Å²) in [6.45, 7) is 3.58. The Morgan fingerprint density at radius 1 is 1.36 bits per heavy atom. The highest BCUT2D eigenvalue weighted by Gasteiger charge is 2.55. The van der Waals surface area contributed by atoms with Gasteiger partial charge in [0.1, 0.15) is 0 Å². The molecule has 0 aliphatic heterocycles. The maximum Gasteiger partial charge on any atom is 0.0234 e. The Morgan fingerprint density at radius 2 is 2.00 bits per heavy atom. The zero-order valence-electron chi connectivity index (χ0n) is 7.77. The van der Waals surface area contributed by atoms with Crippen molar-refractivity contribution < 1.29 is 0 Å². The number of hydrogen-bond acceptors (Lipinski definition) is 1. The van der Waals surface area contributed by atoms with E-state index in [1.165, 1.54) is 38.6 Å². The lowest BCUT2D eigenvalue weighted by Crippen LogP contribution is -2.65. The zero-order chi connectivity index (χ0) is 7.90. The third-order valence-corrected chi connectivity index (χ3v) is 3.93. The lowest BCUT2D eigenvalue weighted by molar-refractivity contribution is -0.107. The third kappa shape index (κ3) is 0.868. The topological polar surface area (TPSA) is 3.24 Å². The van der Waals surface area contributed by atoms with Crippen molar-refractivity contribution in [2.45, 2.75) is 44.6 Å². The molecule has 64 valence electrons. The van der Waals surface area contributed by atoms with Crippen molar-refractivity contribution >= 4 is 0 Å². The van der Waals surface area contributed by atoms with Crippen molar-refractivity contribution in [3.05, 3.63) is 0 Å². The van der Waals surface area contributed by atoms with E-state index in [-0.39, 0.29) is 0 Å². The Labute approximate surface area is 69.8 Å². The highest BCUT2D eigenvalue weighted by molar-refractivity contribution is 5.10. The van der Waals surface area contributed by atoms with Crippen molar-refractivity contribution in [2.75, 3.05) is 13.6 Å². The molecule has 0 atom stereocenters. The smallest absolute Gasteiger partial charge is 0.0234 e. The summed E-state index contributed by atoms with van der Waals surface area (Å²) in [6.07, 6.45) is 7.29. The van der Waals surface area contributed by atoms with Crippen molar-refractivity contribution in [1.82, 2.24) is 4.90 Å². The summed E-state index contributed by atoms with van der Waals surface area (Å²) >= 11 is 0. The number of nitrogens with zero attached hydrogens (tertiary/aromatic N) is 1. The standard InChI is InChI=1S/C10H19N/c1-3-8-11(2)10-6-4-9(10)5-7-10/h9H,3-8H2,1-2H3. The van der Waals surface area contributed by atoms with Crippen molar-refractivity contribution in [2.24, 2.45) is 5.92 Å². The summed E-state index contributed by atoms with van der Waals surface area (Å²) in [7, 11) is 2.31. The van der Waals surface area contributed by atoms with Crippen LogP contribution in [0, 0.1) is 5.92 Å². The van der Waals surface area contributed by atoms with Gasteiger partial charge in [0.2, 0.25) is 0 Å². The fourth-order valence-corrected chi connectivity index (χ4v) is 2.88. The molecule has 2 aliphatic carbocycles. The Morgan fingerprint density at radius 3 is 2.27 bits per heavy atom. The van der Waals surface area contributed by atoms with Crippen LogP contribution in [0.15, 0.2) is 0 Å². The van der Waals surface area contributed by atoms with E-state index in [4.69, 9.17) is 0 Å². The van der Waals surface area contributed by atoms with Crippen LogP contribution in [0.2, 0.25) is 0 Å². The third-order valence-electron chi connectivity index (χ3n) is 3.93. The molecule has 0 aromatic heterocycles. The molecule has 2 aliphatic rings. The molecule has 1 nitrogen and oxygen atoms in total. The Balaban J connectivity index is 1.92. The first-order valence-corrected chi connectivity index (χ1v) is 5.01. The van der Waals surface area contributed by atoms with Crippen LogP contribution in [0.5, 0.6) is 0 Å². The van der Waals surface area contributed by atoms with E-state index in [9.17, 15) is 0 Å². The van der Waals surface area contributed by atoms with Gasteiger partial charge in [-0.05, 0) is 51.6 Å². The molecular weight excluding hydrogens is 134 g/mol. The second-order valence-corrected chi connectivity index (χ2v) is 4.30. The van der Waals surface area contributed by atoms with Gasteiger partial charge in [0, 0.05) is 5.54 Å². The predicted molar refractivity (Wildman–Crippen MR) is 47.6 cm³/mol. The summed E-state index contributed by atoms with van der Waals surface area (Å²) in [5, 5.41) is 0. The minimum atomic E-state index is 0.704. The van der Waals surface area contributed by atoms with Gasteiger partial charge in [-0.15, -0.1) is 0 Å². The first-order chi connectivity index (χ1) is 5.29. The highest BCUT2D eigenvalue weighted by Crippen LogP contribution is 2.56. The van der Waals surface area contributed by atoms with E-state index in [0.717, 1.165) is 5.92 Å². The second kappa shape index (κ2) is 2.48. The second-order valence-electron chi connectivity index (χ2n) is 4.30. The normalized spacial score (nSPS) is 41.2. The van der Waals surface area contributed by atoms with Gasteiger partial charge in [0.25, 0.3) is 0 Å². The molecule has 0 N–H and O–H groups in total. The van der Waals surface area contributed by atoms with Crippen LogP contribution in [-0.4, -0.2) is 24.0 Å². The molecule has 2 rings (SSSR count). The molecule has 0 spiro atoms. The van der Waals surface area contributed by atoms with Gasteiger partial charge in [0.15, 0.2) is 0 Å². The Hall–Kier alpha value is -0.0400. The average Bonchev–Trinajstić information content (AvgIpc) is 1.96. The van der Waals surface area contributed by atoms with Crippen LogP contribution in [0.1, 0.15) is 39.0 Å². The largest absolute Gasteiger partial charge is 0.300 e. The van der Waals surface area contributed by atoms with E-state index in [1.807, 2.05) is 0 Å². The van der Waals surface area contributed by atoms with Crippen LogP contribution in [-0.2, 0) is 0 Å². The molecule has 0 aromatic carbocycles. The summed E-state index contributed by atoms with van der Waals surface area (Å²) in [6, 6.07) is 0. The average molecular weight is 153 g/mol. The van der Waals surface area contributed by atoms with E-state index < -0.39 is 0 Å². The molecule has 0 amide bonds. The van der Waals surface area contributed by atoms with Gasteiger partial charge in [0.05, 0.1) is 0 Å². The van der Waals surface area contributed by atoms with E-state index in [0.29, 0.717) is 5.54 Å². The summed E-state index contributed by atoms with van der Waals surface area (Å²) < 4.78 is 0. The van der Waals surface area contributed by atoms with Crippen molar-refractivity contribution in [3.8, 4) is 0 Å². The molecular formula is C10H19N. The Kier molecular flexibility index (Phi) is 1.71. The first kappa shape index (κ1) is 7.60. The maximum absolute atomic E-state index is 2.62. The summed E-state index contributed by atoms with van der Waals surface area (Å²) in [5.74, 6) is 1.08.